The topological polar surface area (TPSA) is 42.5 Å². The normalized spacial score (nSPS) is 13.3. The Balaban J connectivity index is 3.42. The highest BCUT2D eigenvalue weighted by Gasteiger charge is 2.06. The molecule has 0 fully saturated rings. The average molecular weight is 541 g/mol. The van der Waals surface area contributed by atoms with Gasteiger partial charge in [0.1, 0.15) is 12.5 Å². The van der Waals surface area contributed by atoms with Gasteiger partial charge in [-0.2, -0.15) is 0 Å². The zero-order valence-electron chi connectivity index (χ0n) is 26.8. The molecule has 0 bridgehead atoms. The second-order valence-electron chi connectivity index (χ2n) is 11.5. The van der Waals surface area contributed by atoms with E-state index in [1.54, 1.807) is 0 Å². The summed E-state index contributed by atoms with van der Waals surface area (Å²) in [6.07, 6.45) is 32.3. The third kappa shape index (κ3) is 28.8. The fourth-order valence-corrected chi connectivity index (χ4v) is 5.05. The van der Waals surface area contributed by atoms with Crippen molar-refractivity contribution < 1.29 is 9.47 Å². The third-order valence-electron chi connectivity index (χ3n) is 7.72. The van der Waals surface area contributed by atoms with Gasteiger partial charge in [-0.15, -0.1) is 0 Å². The van der Waals surface area contributed by atoms with E-state index < -0.39 is 0 Å². The number of nitrogens with one attached hydrogen (secondary N) is 2. The van der Waals surface area contributed by atoms with Crippen molar-refractivity contribution in [2.45, 2.75) is 194 Å². The molecule has 230 valence electrons. The molecule has 0 aromatic heterocycles. The first-order valence-electron chi connectivity index (χ1n) is 17.5. The van der Waals surface area contributed by atoms with Crippen molar-refractivity contribution in [3.63, 3.8) is 0 Å². The van der Waals surface area contributed by atoms with Gasteiger partial charge >= 0.3 is 0 Å². The number of hydrogen-bond acceptors (Lipinski definition) is 4. The minimum Gasteiger partial charge on any atom is -0.363 e. The molecule has 0 rings (SSSR count). The minimum absolute atomic E-state index is 0.245. The fraction of sp³-hybridized carbons (Fsp3) is 1.00. The molecule has 0 amide bonds. The SMILES string of the molecule is CCCCCCCCCCOC(CC)NCCCCCCCCNC(CC)OCCCCCCCCCC. The molecule has 0 aliphatic heterocycles. The predicted octanol–water partition coefficient (Wildman–Crippen LogP) is 10.3. The Morgan fingerprint density at radius 3 is 0.974 bits per heavy atom. The molecule has 0 heterocycles. The lowest BCUT2D eigenvalue weighted by Crippen LogP contribution is -2.32. The standard InChI is InChI=1S/C34H72N2O2/c1-5-9-11-13-15-19-23-27-31-37-33(7-3)35-29-25-21-17-18-22-26-30-36-34(8-4)38-32-28-24-20-16-14-12-10-6-2/h33-36H,5-32H2,1-4H3. The van der Waals surface area contributed by atoms with Gasteiger partial charge in [-0.25, -0.2) is 0 Å². The fourth-order valence-electron chi connectivity index (χ4n) is 5.05. The van der Waals surface area contributed by atoms with Gasteiger partial charge in [0.2, 0.25) is 0 Å². The van der Waals surface area contributed by atoms with Crippen molar-refractivity contribution in [3.8, 4) is 0 Å². The molecule has 0 aliphatic rings. The van der Waals surface area contributed by atoms with E-state index in [0.717, 1.165) is 39.1 Å². The van der Waals surface area contributed by atoms with Gasteiger partial charge in [0.15, 0.2) is 0 Å². The highest BCUT2D eigenvalue weighted by atomic mass is 16.5. The van der Waals surface area contributed by atoms with Crippen LogP contribution in [0.3, 0.4) is 0 Å². The molecule has 0 aliphatic carbocycles. The van der Waals surface area contributed by atoms with E-state index in [1.165, 1.54) is 141 Å². The van der Waals surface area contributed by atoms with E-state index >= 15 is 0 Å². The van der Waals surface area contributed by atoms with Crippen molar-refractivity contribution in [3.05, 3.63) is 0 Å². The smallest absolute Gasteiger partial charge is 0.107 e. The predicted molar refractivity (Wildman–Crippen MR) is 169 cm³/mol. The summed E-state index contributed by atoms with van der Waals surface area (Å²) in [6.45, 7) is 13.0. The monoisotopic (exact) mass is 541 g/mol. The Morgan fingerprint density at radius 2 is 0.658 bits per heavy atom. The first kappa shape index (κ1) is 37.8. The van der Waals surface area contributed by atoms with E-state index in [9.17, 15) is 0 Å². The van der Waals surface area contributed by atoms with E-state index in [-0.39, 0.29) is 12.5 Å². The van der Waals surface area contributed by atoms with Crippen LogP contribution in [0.2, 0.25) is 0 Å². The summed E-state index contributed by atoms with van der Waals surface area (Å²) in [4.78, 5) is 0. The Hall–Kier alpha value is -0.160. The number of hydrogen-bond donors (Lipinski definition) is 2. The molecule has 0 saturated heterocycles. The van der Waals surface area contributed by atoms with Crippen LogP contribution in [0, 0.1) is 0 Å². The van der Waals surface area contributed by atoms with Crippen LogP contribution in [-0.4, -0.2) is 38.8 Å². The molecule has 0 radical (unpaired) electrons. The second-order valence-corrected chi connectivity index (χ2v) is 11.5. The summed E-state index contributed by atoms with van der Waals surface area (Å²) in [6, 6.07) is 0. The molecule has 2 atom stereocenters. The van der Waals surface area contributed by atoms with Crippen LogP contribution in [-0.2, 0) is 9.47 Å². The lowest BCUT2D eigenvalue weighted by molar-refractivity contribution is 0.0246. The summed E-state index contributed by atoms with van der Waals surface area (Å²) < 4.78 is 12.1. The minimum atomic E-state index is 0.245. The maximum Gasteiger partial charge on any atom is 0.107 e. The van der Waals surface area contributed by atoms with E-state index in [4.69, 9.17) is 9.47 Å². The Kier molecular flexibility index (Phi) is 32.9. The zero-order valence-corrected chi connectivity index (χ0v) is 26.8. The van der Waals surface area contributed by atoms with E-state index in [1.807, 2.05) is 0 Å². The van der Waals surface area contributed by atoms with Crippen LogP contribution in [0.15, 0.2) is 0 Å². The van der Waals surface area contributed by atoms with Crippen LogP contribution in [0.5, 0.6) is 0 Å². The Morgan fingerprint density at radius 1 is 0.368 bits per heavy atom. The highest BCUT2D eigenvalue weighted by Crippen LogP contribution is 2.11. The molecule has 2 N–H and O–H groups in total. The molecule has 4 heteroatoms. The molecular formula is C34H72N2O2. The van der Waals surface area contributed by atoms with Crippen molar-refractivity contribution >= 4 is 0 Å². The molecule has 38 heavy (non-hydrogen) atoms. The first-order valence-corrected chi connectivity index (χ1v) is 17.5. The molecule has 0 aromatic carbocycles. The summed E-state index contributed by atoms with van der Waals surface area (Å²) in [5.74, 6) is 0. The maximum atomic E-state index is 6.07. The maximum absolute atomic E-state index is 6.07. The van der Waals surface area contributed by atoms with Gasteiger partial charge in [-0.1, -0.05) is 143 Å². The molecule has 0 aromatic rings. The Bertz CT molecular complexity index is 383. The van der Waals surface area contributed by atoms with Gasteiger partial charge in [0.05, 0.1) is 0 Å². The van der Waals surface area contributed by atoms with Crippen LogP contribution in [0.25, 0.3) is 0 Å². The molecule has 4 nitrogen and oxygen atoms in total. The highest BCUT2D eigenvalue weighted by molar-refractivity contribution is 4.58. The van der Waals surface area contributed by atoms with Crippen LogP contribution < -0.4 is 10.6 Å². The van der Waals surface area contributed by atoms with Gasteiger partial charge in [-0.05, 0) is 51.6 Å². The van der Waals surface area contributed by atoms with Gasteiger partial charge in [0, 0.05) is 13.2 Å². The van der Waals surface area contributed by atoms with E-state index in [2.05, 4.69) is 38.3 Å². The third-order valence-corrected chi connectivity index (χ3v) is 7.72. The molecular weight excluding hydrogens is 468 g/mol. The van der Waals surface area contributed by atoms with Crippen LogP contribution in [0.1, 0.15) is 182 Å². The van der Waals surface area contributed by atoms with Gasteiger partial charge < -0.3 is 9.47 Å². The van der Waals surface area contributed by atoms with E-state index in [0.29, 0.717) is 0 Å². The second kappa shape index (κ2) is 33.0. The summed E-state index contributed by atoms with van der Waals surface area (Å²) in [7, 11) is 0. The largest absolute Gasteiger partial charge is 0.363 e. The summed E-state index contributed by atoms with van der Waals surface area (Å²) in [5.41, 5.74) is 0. The van der Waals surface area contributed by atoms with Crippen LogP contribution >= 0.6 is 0 Å². The molecule has 0 spiro atoms. The quantitative estimate of drug-likeness (QED) is 0.0641. The summed E-state index contributed by atoms with van der Waals surface area (Å²) in [5, 5.41) is 7.23. The number of ether oxygens (including phenoxy) is 2. The van der Waals surface area contributed by atoms with Gasteiger partial charge in [-0.3, -0.25) is 10.6 Å². The lowest BCUT2D eigenvalue weighted by atomic mass is 10.1. The number of rotatable bonds is 33. The van der Waals surface area contributed by atoms with Gasteiger partial charge in [0.25, 0.3) is 0 Å². The molecule has 0 saturated carbocycles. The van der Waals surface area contributed by atoms with Crippen molar-refractivity contribution in [2.75, 3.05) is 26.3 Å². The molecule has 2 unspecified atom stereocenters. The zero-order chi connectivity index (χ0) is 27.8. The Labute approximate surface area is 240 Å². The van der Waals surface area contributed by atoms with Crippen molar-refractivity contribution in [2.24, 2.45) is 0 Å². The van der Waals surface area contributed by atoms with Crippen molar-refractivity contribution in [1.29, 1.82) is 0 Å². The number of unbranched alkanes of at least 4 members (excludes halogenated alkanes) is 19. The van der Waals surface area contributed by atoms with Crippen molar-refractivity contribution in [1.82, 2.24) is 10.6 Å². The summed E-state index contributed by atoms with van der Waals surface area (Å²) >= 11 is 0. The average Bonchev–Trinajstić information content (AvgIpc) is 2.94. The van der Waals surface area contributed by atoms with Crippen LogP contribution in [0.4, 0.5) is 0 Å². The first-order chi connectivity index (χ1) is 18.8. The lowest BCUT2D eigenvalue weighted by Gasteiger charge is -2.18.